The molecular weight excluding hydrogens is 287 g/mol. The highest BCUT2D eigenvalue weighted by molar-refractivity contribution is 8.00. The van der Waals surface area contributed by atoms with Crippen LogP contribution in [0.2, 0.25) is 0 Å². The number of hydrogen-bond donors (Lipinski definition) is 2. The summed E-state index contributed by atoms with van der Waals surface area (Å²) in [5.74, 6) is -2.12. The van der Waals surface area contributed by atoms with E-state index in [2.05, 4.69) is 0 Å². The molecule has 0 spiro atoms. The van der Waals surface area contributed by atoms with Gasteiger partial charge in [0.15, 0.2) is 6.10 Å². The first-order valence-corrected chi connectivity index (χ1v) is 6.56. The number of ether oxygens (including phenoxy) is 1. The number of esters is 1. The Hall–Kier alpha value is -2.09. The van der Waals surface area contributed by atoms with Crippen molar-refractivity contribution in [3.8, 4) is 0 Å². The van der Waals surface area contributed by atoms with Crippen molar-refractivity contribution in [2.75, 3.05) is 5.75 Å². The minimum Gasteiger partial charge on any atom is -0.452 e. The van der Waals surface area contributed by atoms with Gasteiger partial charge >= 0.3 is 12.0 Å². The van der Waals surface area contributed by atoms with Crippen LogP contribution in [0.15, 0.2) is 29.2 Å². The highest BCUT2D eigenvalue weighted by atomic mass is 32.2. The van der Waals surface area contributed by atoms with Gasteiger partial charge < -0.3 is 10.5 Å². The van der Waals surface area contributed by atoms with Crippen LogP contribution in [0.4, 0.5) is 9.18 Å². The molecule has 0 aromatic heterocycles. The number of thioether (sulfide) groups is 1. The fourth-order valence-corrected chi connectivity index (χ4v) is 1.93. The Bertz CT molecular complexity index is 524. The van der Waals surface area contributed by atoms with E-state index in [9.17, 15) is 18.8 Å². The zero-order valence-corrected chi connectivity index (χ0v) is 11.4. The Morgan fingerprint density at radius 1 is 1.40 bits per heavy atom. The van der Waals surface area contributed by atoms with Crippen LogP contribution in [0, 0.1) is 5.82 Å². The summed E-state index contributed by atoms with van der Waals surface area (Å²) >= 11 is 0.950. The lowest BCUT2D eigenvalue weighted by Gasteiger charge is -2.11. The summed E-state index contributed by atoms with van der Waals surface area (Å²) in [5, 5.41) is 1.79. The fraction of sp³-hybridized carbons (Fsp3) is 0.250. The third-order valence-corrected chi connectivity index (χ3v) is 3.13. The summed E-state index contributed by atoms with van der Waals surface area (Å²) in [6.45, 7) is 1.30. The summed E-state index contributed by atoms with van der Waals surface area (Å²) in [5.41, 5.74) is 4.76. The zero-order valence-electron chi connectivity index (χ0n) is 10.6. The molecule has 0 radical (unpaired) electrons. The van der Waals surface area contributed by atoms with Gasteiger partial charge in [-0.25, -0.2) is 9.18 Å². The lowest BCUT2D eigenvalue weighted by atomic mass is 10.3. The number of primary amides is 1. The van der Waals surface area contributed by atoms with Gasteiger partial charge in [0, 0.05) is 4.90 Å². The van der Waals surface area contributed by atoms with E-state index in [1.165, 1.54) is 25.1 Å². The fourth-order valence-electron chi connectivity index (χ4n) is 1.21. The van der Waals surface area contributed by atoms with E-state index >= 15 is 0 Å². The van der Waals surface area contributed by atoms with Crippen molar-refractivity contribution in [2.45, 2.75) is 17.9 Å². The van der Waals surface area contributed by atoms with Crippen LogP contribution < -0.4 is 11.1 Å². The second-order valence-corrected chi connectivity index (χ2v) is 4.72. The highest BCUT2D eigenvalue weighted by Gasteiger charge is 2.19. The molecule has 6 nitrogen and oxygen atoms in total. The summed E-state index contributed by atoms with van der Waals surface area (Å²) in [4.78, 5) is 33.5. The van der Waals surface area contributed by atoms with Gasteiger partial charge in [0.1, 0.15) is 5.82 Å². The molecule has 0 aliphatic carbocycles. The van der Waals surface area contributed by atoms with E-state index in [-0.39, 0.29) is 5.75 Å². The van der Waals surface area contributed by atoms with Crippen molar-refractivity contribution in [3.05, 3.63) is 30.1 Å². The van der Waals surface area contributed by atoms with E-state index in [1.807, 2.05) is 0 Å². The molecule has 8 heteroatoms. The molecule has 3 N–H and O–H groups in total. The number of carbonyl (C=O) groups excluding carboxylic acids is 3. The normalized spacial score (nSPS) is 11.5. The Labute approximate surface area is 118 Å². The average molecular weight is 300 g/mol. The molecule has 0 heterocycles. The van der Waals surface area contributed by atoms with E-state index in [4.69, 9.17) is 10.5 Å². The number of rotatable bonds is 5. The first kappa shape index (κ1) is 16.0. The molecule has 3 amide bonds. The number of nitrogens with two attached hydrogens (primary N) is 1. The van der Waals surface area contributed by atoms with Gasteiger partial charge in [-0.05, 0) is 19.1 Å². The summed E-state index contributed by atoms with van der Waals surface area (Å²) in [6, 6.07) is 4.94. The molecule has 1 rings (SSSR count). The van der Waals surface area contributed by atoms with Crippen molar-refractivity contribution >= 4 is 29.7 Å². The van der Waals surface area contributed by atoms with Gasteiger partial charge in [-0.15, -0.1) is 11.8 Å². The maximum Gasteiger partial charge on any atom is 0.318 e. The summed E-state index contributed by atoms with van der Waals surface area (Å²) < 4.78 is 18.1. The minimum absolute atomic E-state index is 0.158. The molecule has 1 atom stereocenters. The number of nitrogens with one attached hydrogen (secondary N) is 1. The number of halogens is 1. The lowest BCUT2D eigenvalue weighted by molar-refractivity contribution is -0.151. The minimum atomic E-state index is -1.16. The molecule has 0 aliphatic heterocycles. The Morgan fingerprint density at radius 2 is 2.05 bits per heavy atom. The van der Waals surface area contributed by atoms with Gasteiger partial charge in [-0.3, -0.25) is 14.9 Å². The van der Waals surface area contributed by atoms with Crippen LogP contribution in [0.3, 0.4) is 0 Å². The van der Waals surface area contributed by atoms with Gasteiger partial charge in [-0.1, -0.05) is 12.1 Å². The molecular formula is C12H13FN2O4S. The third kappa shape index (κ3) is 5.27. The van der Waals surface area contributed by atoms with Gasteiger partial charge in [-0.2, -0.15) is 0 Å². The van der Waals surface area contributed by atoms with Crippen LogP contribution in [-0.2, 0) is 14.3 Å². The van der Waals surface area contributed by atoms with Crippen molar-refractivity contribution in [1.82, 2.24) is 5.32 Å². The van der Waals surface area contributed by atoms with E-state index in [0.29, 0.717) is 4.90 Å². The van der Waals surface area contributed by atoms with Crippen LogP contribution >= 0.6 is 11.8 Å². The SMILES string of the molecule is C[C@H](OC(=O)CSc1ccccc1F)C(=O)NC(N)=O. The zero-order chi connectivity index (χ0) is 15.1. The standard InChI is InChI=1S/C12H13FN2O4S/c1-7(11(17)15-12(14)18)19-10(16)6-20-9-5-3-2-4-8(9)13/h2-5,7H,6H2,1H3,(H3,14,15,17,18)/t7-/m0/s1. The Balaban J connectivity index is 2.42. The number of imide groups is 1. The number of carbonyl (C=O) groups is 3. The van der Waals surface area contributed by atoms with Gasteiger partial charge in [0.05, 0.1) is 5.75 Å². The maximum atomic E-state index is 13.3. The molecule has 1 aromatic carbocycles. The summed E-state index contributed by atoms with van der Waals surface area (Å²) in [7, 11) is 0. The number of benzene rings is 1. The monoisotopic (exact) mass is 300 g/mol. The van der Waals surface area contributed by atoms with Crippen LogP contribution in [0.5, 0.6) is 0 Å². The predicted octanol–water partition coefficient (Wildman–Crippen LogP) is 1.04. The van der Waals surface area contributed by atoms with E-state index in [0.717, 1.165) is 11.8 Å². The van der Waals surface area contributed by atoms with Crippen LogP contribution in [0.1, 0.15) is 6.92 Å². The van der Waals surface area contributed by atoms with E-state index < -0.39 is 29.8 Å². The molecule has 108 valence electrons. The molecule has 0 saturated carbocycles. The highest BCUT2D eigenvalue weighted by Crippen LogP contribution is 2.21. The molecule has 0 saturated heterocycles. The first-order chi connectivity index (χ1) is 9.40. The second-order valence-electron chi connectivity index (χ2n) is 3.70. The van der Waals surface area contributed by atoms with Crippen LogP contribution in [0.25, 0.3) is 0 Å². The Morgan fingerprint density at radius 3 is 2.65 bits per heavy atom. The van der Waals surface area contributed by atoms with Crippen LogP contribution in [-0.4, -0.2) is 29.8 Å². The lowest BCUT2D eigenvalue weighted by Crippen LogP contribution is -2.42. The maximum absolute atomic E-state index is 13.3. The van der Waals surface area contributed by atoms with Crippen molar-refractivity contribution < 1.29 is 23.5 Å². The molecule has 20 heavy (non-hydrogen) atoms. The molecule has 0 fully saturated rings. The number of amides is 3. The first-order valence-electron chi connectivity index (χ1n) is 5.57. The molecule has 1 aromatic rings. The molecule has 0 unspecified atom stereocenters. The quantitative estimate of drug-likeness (QED) is 0.625. The van der Waals surface area contributed by atoms with Gasteiger partial charge in [0.25, 0.3) is 5.91 Å². The largest absolute Gasteiger partial charge is 0.452 e. The van der Waals surface area contributed by atoms with E-state index in [1.54, 1.807) is 11.4 Å². The second kappa shape index (κ2) is 7.49. The average Bonchev–Trinajstić information content (AvgIpc) is 2.37. The van der Waals surface area contributed by atoms with Crippen molar-refractivity contribution in [2.24, 2.45) is 5.73 Å². The smallest absolute Gasteiger partial charge is 0.318 e. The predicted molar refractivity (Wildman–Crippen MR) is 70.4 cm³/mol. The molecule has 0 aliphatic rings. The van der Waals surface area contributed by atoms with Gasteiger partial charge in [0.2, 0.25) is 0 Å². The van der Waals surface area contributed by atoms with Crippen molar-refractivity contribution in [3.63, 3.8) is 0 Å². The molecule has 0 bridgehead atoms. The van der Waals surface area contributed by atoms with Crippen molar-refractivity contribution in [1.29, 1.82) is 0 Å². The summed E-state index contributed by atoms with van der Waals surface area (Å²) in [6.07, 6.45) is -1.16. The third-order valence-electron chi connectivity index (χ3n) is 2.11. The number of hydrogen-bond acceptors (Lipinski definition) is 5. The Kier molecular flexibility index (Phi) is 5.98. The number of urea groups is 1. The topological polar surface area (TPSA) is 98.5 Å².